The minimum atomic E-state index is -1.17. The summed E-state index contributed by atoms with van der Waals surface area (Å²) < 4.78 is 3.41. The Balaban J connectivity index is 0.000000980. The van der Waals surface area contributed by atoms with Crippen LogP contribution in [0.5, 0.6) is 0 Å². The van der Waals surface area contributed by atoms with Crippen molar-refractivity contribution in [2.24, 2.45) is 0 Å². The zero-order valence-corrected chi connectivity index (χ0v) is 19.0. The Morgan fingerprint density at radius 3 is 2.42 bits per heavy atom. The molecule has 2 aromatic rings. The third-order valence-corrected chi connectivity index (χ3v) is 13.4. The molecule has 1 saturated heterocycles. The SMILES string of the molecule is C[Si]1(C2c3ccccc3-c3ccc[c]([Ti+2][C]4=CC=CC4)c32)CCC1.[Cl-].[Cl-]. The summed E-state index contributed by atoms with van der Waals surface area (Å²) in [5.41, 5.74) is 7.25. The van der Waals surface area contributed by atoms with Crippen molar-refractivity contribution >= 4 is 11.9 Å². The normalized spacial score (nSPS) is 20.7. The molecule has 1 aliphatic heterocycles. The summed E-state index contributed by atoms with van der Waals surface area (Å²) in [4.78, 5) is 0. The molecule has 0 bridgehead atoms. The van der Waals surface area contributed by atoms with E-state index in [4.69, 9.17) is 0 Å². The van der Waals surface area contributed by atoms with E-state index in [1.165, 1.54) is 30.5 Å². The molecule has 0 saturated carbocycles. The fraction of sp³-hybridized carbons (Fsp3) is 0.273. The van der Waals surface area contributed by atoms with Crippen LogP contribution in [0.15, 0.2) is 64.6 Å². The number of hydrogen-bond acceptors (Lipinski definition) is 0. The van der Waals surface area contributed by atoms with Crippen LogP contribution in [0.1, 0.15) is 29.5 Å². The molecule has 1 atom stereocenters. The van der Waals surface area contributed by atoms with Crippen molar-refractivity contribution in [3.63, 3.8) is 0 Å². The van der Waals surface area contributed by atoms with E-state index in [0.717, 1.165) is 5.54 Å². The van der Waals surface area contributed by atoms with Gasteiger partial charge in [-0.25, -0.2) is 0 Å². The standard InChI is InChI=1S/C17H17Si.C5H5.2ClH.Ti/c1-18(11-6-12-18)17-15-9-4-2-7-13(15)14-8-3-5-10-16(14)17;1-2-4-5-3-1;;;/h2-5,7-9,17H,6,11-12H2,1H3;1-3H,4H2;2*1H;/q;;;;+2/p-2. The Labute approximate surface area is 178 Å². The molecule has 0 nitrogen and oxygen atoms in total. The van der Waals surface area contributed by atoms with Crippen molar-refractivity contribution in [3.05, 3.63) is 75.7 Å². The molecule has 0 aromatic heterocycles. The van der Waals surface area contributed by atoms with Gasteiger partial charge in [-0.05, 0) is 0 Å². The van der Waals surface area contributed by atoms with Crippen LogP contribution in [0, 0.1) is 0 Å². The molecule has 132 valence electrons. The number of hydrogen-bond donors (Lipinski definition) is 0. The van der Waals surface area contributed by atoms with E-state index in [0.29, 0.717) is 0 Å². The Kier molecular flexibility index (Phi) is 6.06. The summed E-state index contributed by atoms with van der Waals surface area (Å²) in [6.45, 7) is 2.67. The summed E-state index contributed by atoms with van der Waals surface area (Å²) in [7, 11) is -1.17. The average Bonchev–Trinajstić information content (AvgIpc) is 3.19. The van der Waals surface area contributed by atoms with Gasteiger partial charge in [0.05, 0.1) is 0 Å². The van der Waals surface area contributed by atoms with Crippen molar-refractivity contribution in [1.82, 2.24) is 0 Å². The minimum absolute atomic E-state index is 0. The maximum Gasteiger partial charge on any atom is -1.00 e. The van der Waals surface area contributed by atoms with Crippen LogP contribution in [0.2, 0.25) is 18.6 Å². The molecular formula is C22H22Cl2SiTi. The molecule has 1 fully saturated rings. The number of halogens is 2. The van der Waals surface area contributed by atoms with E-state index in [9.17, 15) is 0 Å². The zero-order chi connectivity index (χ0) is 16.1. The third kappa shape index (κ3) is 3.12. The van der Waals surface area contributed by atoms with Gasteiger partial charge in [0.25, 0.3) is 0 Å². The van der Waals surface area contributed by atoms with Crippen LogP contribution < -0.4 is 28.7 Å². The van der Waals surface area contributed by atoms with E-state index < -0.39 is 8.07 Å². The monoisotopic (exact) mass is 432 g/mol. The number of benzene rings is 2. The molecule has 5 rings (SSSR count). The predicted octanol–water partition coefficient (Wildman–Crippen LogP) is -0.620. The average molecular weight is 433 g/mol. The molecule has 4 heteroatoms. The molecule has 0 spiro atoms. The summed E-state index contributed by atoms with van der Waals surface area (Å²) in [6.07, 6.45) is 9.59. The summed E-state index contributed by atoms with van der Waals surface area (Å²) in [6, 6.07) is 19.5. The van der Waals surface area contributed by atoms with Gasteiger partial charge in [0.1, 0.15) is 0 Å². The number of rotatable bonds is 3. The first-order valence-corrected chi connectivity index (χ1v) is 13.7. The van der Waals surface area contributed by atoms with E-state index in [1.807, 2.05) is 0 Å². The molecule has 2 aromatic carbocycles. The Morgan fingerprint density at radius 1 is 0.962 bits per heavy atom. The Morgan fingerprint density at radius 2 is 1.73 bits per heavy atom. The molecule has 1 unspecified atom stereocenters. The second kappa shape index (κ2) is 7.81. The largest absolute Gasteiger partial charge is 1.00 e. The van der Waals surface area contributed by atoms with Crippen molar-refractivity contribution in [3.8, 4) is 11.1 Å². The molecule has 26 heavy (non-hydrogen) atoms. The molecule has 0 N–H and O–H groups in total. The second-order valence-corrected chi connectivity index (χ2v) is 14.9. The van der Waals surface area contributed by atoms with Gasteiger partial charge in [-0.1, -0.05) is 0 Å². The van der Waals surface area contributed by atoms with Crippen molar-refractivity contribution in [2.75, 3.05) is 0 Å². The smallest absolute Gasteiger partial charge is 1.00 e. The topological polar surface area (TPSA) is 0 Å². The van der Waals surface area contributed by atoms with E-state index in [2.05, 4.69) is 67.2 Å². The number of fused-ring (bicyclic) bond motifs is 3. The van der Waals surface area contributed by atoms with E-state index >= 15 is 0 Å². The van der Waals surface area contributed by atoms with Gasteiger partial charge in [-0.2, -0.15) is 0 Å². The fourth-order valence-corrected chi connectivity index (χ4v) is 11.2. The Hall–Kier alpha value is -0.569. The summed E-state index contributed by atoms with van der Waals surface area (Å²) in [5.74, 6) is 0. The van der Waals surface area contributed by atoms with E-state index in [-0.39, 0.29) is 44.0 Å². The maximum atomic E-state index is 2.67. The first-order chi connectivity index (χ1) is 11.8. The van der Waals surface area contributed by atoms with Gasteiger partial charge in [-0.15, -0.1) is 0 Å². The predicted molar refractivity (Wildman–Crippen MR) is 101 cm³/mol. The quantitative estimate of drug-likeness (QED) is 0.567. The van der Waals surface area contributed by atoms with Gasteiger partial charge in [-0.3, -0.25) is 0 Å². The van der Waals surface area contributed by atoms with Crippen molar-refractivity contribution < 1.29 is 44.0 Å². The molecular weight excluding hydrogens is 411 g/mol. The van der Waals surface area contributed by atoms with Crippen LogP contribution in [-0.2, 0) is 19.2 Å². The fourth-order valence-electron chi connectivity index (χ4n) is 4.83. The summed E-state index contributed by atoms with van der Waals surface area (Å²) in [5, 5.41) is 0. The van der Waals surface area contributed by atoms with Crippen molar-refractivity contribution in [2.45, 2.75) is 37.0 Å². The number of allylic oxidation sites excluding steroid dienone is 4. The molecule has 0 radical (unpaired) electrons. The van der Waals surface area contributed by atoms with Crippen LogP contribution in [0.4, 0.5) is 0 Å². The van der Waals surface area contributed by atoms with Crippen molar-refractivity contribution in [1.29, 1.82) is 0 Å². The second-order valence-electron chi connectivity index (χ2n) is 7.74. The Bertz CT molecular complexity index is 883. The van der Waals surface area contributed by atoms with Gasteiger partial charge >= 0.3 is 155 Å². The van der Waals surface area contributed by atoms with Gasteiger partial charge in [0, 0.05) is 0 Å². The minimum Gasteiger partial charge on any atom is -1.00 e. The molecule has 1 heterocycles. The molecule has 3 aliphatic rings. The molecule has 2 aliphatic carbocycles. The molecule has 0 amide bonds. The van der Waals surface area contributed by atoms with Gasteiger partial charge in [0.2, 0.25) is 0 Å². The maximum absolute atomic E-state index is 2.67. The first-order valence-electron chi connectivity index (χ1n) is 9.11. The first kappa shape index (κ1) is 20.2. The van der Waals surface area contributed by atoms with Crippen LogP contribution in [-0.4, -0.2) is 8.07 Å². The van der Waals surface area contributed by atoms with Crippen LogP contribution in [0.25, 0.3) is 11.1 Å². The van der Waals surface area contributed by atoms with Gasteiger partial charge in [0.15, 0.2) is 0 Å². The zero-order valence-electron chi connectivity index (χ0n) is 14.9. The third-order valence-electron chi connectivity index (χ3n) is 6.22. The van der Waals surface area contributed by atoms with E-state index in [1.54, 1.807) is 24.4 Å². The van der Waals surface area contributed by atoms with Crippen LogP contribution >= 0.6 is 0 Å². The summed E-state index contributed by atoms with van der Waals surface area (Å²) >= 11 is -0.178. The van der Waals surface area contributed by atoms with Gasteiger partial charge < -0.3 is 24.8 Å². The van der Waals surface area contributed by atoms with Crippen LogP contribution in [0.3, 0.4) is 0 Å².